The molecule has 0 radical (unpaired) electrons. The average Bonchev–Trinajstić information content (AvgIpc) is 2.71. The number of hydrogen-bond donors (Lipinski definition) is 0. The molecule has 0 amide bonds. The molecule has 0 saturated heterocycles. The van der Waals surface area contributed by atoms with Gasteiger partial charge in [0.05, 0.1) is 0 Å². The van der Waals surface area contributed by atoms with Crippen LogP contribution in [-0.4, -0.2) is 19.7 Å². The van der Waals surface area contributed by atoms with Crippen LogP contribution >= 0.6 is 15.9 Å². The predicted octanol–water partition coefficient (Wildman–Crippen LogP) is 2.68. The van der Waals surface area contributed by atoms with Crippen molar-refractivity contribution in [3.63, 3.8) is 0 Å². The number of pyridine rings is 1. The lowest BCUT2D eigenvalue weighted by molar-refractivity contribution is 0.396. The molecule has 4 nitrogen and oxygen atoms in total. The molecule has 1 atom stereocenters. The molecule has 17 heavy (non-hydrogen) atoms. The second-order valence-electron chi connectivity index (χ2n) is 4.54. The first-order chi connectivity index (χ1) is 8.24. The molecule has 0 saturated carbocycles. The van der Waals surface area contributed by atoms with Gasteiger partial charge in [0.2, 0.25) is 0 Å². The first kappa shape index (κ1) is 10.9. The Labute approximate surface area is 108 Å². The van der Waals surface area contributed by atoms with Crippen molar-refractivity contribution in [1.82, 2.24) is 19.7 Å². The van der Waals surface area contributed by atoms with Crippen LogP contribution in [0.5, 0.6) is 0 Å². The zero-order valence-corrected chi connectivity index (χ0v) is 11.2. The third kappa shape index (κ3) is 1.99. The summed E-state index contributed by atoms with van der Waals surface area (Å²) < 4.78 is 3.03. The smallest absolute Gasteiger partial charge is 0.182 e. The summed E-state index contributed by atoms with van der Waals surface area (Å²) in [5, 5.41) is 8.53. The van der Waals surface area contributed by atoms with Crippen LogP contribution < -0.4 is 0 Å². The second-order valence-corrected chi connectivity index (χ2v) is 5.35. The Morgan fingerprint density at radius 2 is 2.24 bits per heavy atom. The van der Waals surface area contributed by atoms with Gasteiger partial charge in [-0.05, 0) is 40.4 Å². The quantitative estimate of drug-likeness (QED) is 0.759. The minimum atomic E-state index is 0.685. The lowest BCUT2D eigenvalue weighted by Gasteiger charge is -2.20. The van der Waals surface area contributed by atoms with Crippen LogP contribution in [0, 0.1) is 5.92 Å². The van der Waals surface area contributed by atoms with Crippen molar-refractivity contribution in [3.8, 4) is 11.5 Å². The summed E-state index contributed by atoms with van der Waals surface area (Å²) in [6.07, 6.45) is 2.21. The fourth-order valence-corrected chi connectivity index (χ4v) is 2.56. The van der Waals surface area contributed by atoms with E-state index in [0.29, 0.717) is 5.92 Å². The largest absolute Gasteiger partial charge is 0.309 e. The van der Waals surface area contributed by atoms with Crippen molar-refractivity contribution < 1.29 is 0 Å². The third-order valence-corrected chi connectivity index (χ3v) is 3.57. The van der Waals surface area contributed by atoms with Gasteiger partial charge < -0.3 is 4.57 Å². The summed E-state index contributed by atoms with van der Waals surface area (Å²) in [7, 11) is 0. The molecule has 0 fully saturated rings. The van der Waals surface area contributed by atoms with Gasteiger partial charge in [0.1, 0.15) is 16.1 Å². The summed E-state index contributed by atoms with van der Waals surface area (Å²) >= 11 is 3.39. The van der Waals surface area contributed by atoms with E-state index in [-0.39, 0.29) is 0 Å². The molecule has 2 aromatic rings. The van der Waals surface area contributed by atoms with E-state index >= 15 is 0 Å². The van der Waals surface area contributed by atoms with E-state index in [2.05, 4.69) is 42.6 Å². The van der Waals surface area contributed by atoms with E-state index in [1.807, 2.05) is 18.2 Å². The van der Waals surface area contributed by atoms with Crippen molar-refractivity contribution in [2.24, 2.45) is 5.92 Å². The number of aromatic nitrogens is 4. The van der Waals surface area contributed by atoms with Crippen molar-refractivity contribution in [2.75, 3.05) is 0 Å². The molecule has 3 rings (SSSR count). The van der Waals surface area contributed by atoms with Gasteiger partial charge >= 0.3 is 0 Å². The van der Waals surface area contributed by atoms with E-state index in [4.69, 9.17) is 0 Å². The monoisotopic (exact) mass is 292 g/mol. The fraction of sp³-hybridized carbons (Fsp3) is 0.417. The number of hydrogen-bond acceptors (Lipinski definition) is 3. The Balaban J connectivity index is 2.07. The highest BCUT2D eigenvalue weighted by Crippen LogP contribution is 2.24. The maximum absolute atomic E-state index is 4.44. The molecular formula is C12H13BrN4. The standard InChI is InChI=1S/C12H13BrN4/c1-8-5-6-11-15-16-12(17(11)7-8)9-3-2-4-10(13)14-9/h2-4,8H,5-7H2,1H3. The van der Waals surface area contributed by atoms with Crippen molar-refractivity contribution >= 4 is 15.9 Å². The fourth-order valence-electron chi connectivity index (χ4n) is 2.21. The predicted molar refractivity (Wildman–Crippen MR) is 68.4 cm³/mol. The number of aryl methyl sites for hydroxylation is 1. The first-order valence-corrected chi connectivity index (χ1v) is 6.58. The van der Waals surface area contributed by atoms with Crippen LogP contribution in [0.4, 0.5) is 0 Å². The van der Waals surface area contributed by atoms with Crippen molar-refractivity contribution in [3.05, 3.63) is 28.6 Å². The van der Waals surface area contributed by atoms with E-state index in [1.165, 1.54) is 6.42 Å². The lowest BCUT2D eigenvalue weighted by Crippen LogP contribution is -2.18. The number of halogens is 1. The van der Waals surface area contributed by atoms with Crippen LogP contribution in [0.2, 0.25) is 0 Å². The number of fused-ring (bicyclic) bond motifs is 1. The topological polar surface area (TPSA) is 43.6 Å². The van der Waals surface area contributed by atoms with Gasteiger partial charge in [0, 0.05) is 13.0 Å². The second kappa shape index (κ2) is 4.22. The van der Waals surface area contributed by atoms with Crippen molar-refractivity contribution in [2.45, 2.75) is 26.3 Å². The van der Waals surface area contributed by atoms with Crippen LogP contribution in [0.15, 0.2) is 22.8 Å². The van der Waals surface area contributed by atoms with E-state index < -0.39 is 0 Å². The minimum absolute atomic E-state index is 0.685. The lowest BCUT2D eigenvalue weighted by atomic mass is 10.0. The highest BCUT2D eigenvalue weighted by atomic mass is 79.9. The third-order valence-electron chi connectivity index (χ3n) is 3.13. The molecule has 3 heterocycles. The Kier molecular flexibility index (Phi) is 2.70. The van der Waals surface area contributed by atoms with Crippen LogP contribution in [0.25, 0.3) is 11.5 Å². The zero-order chi connectivity index (χ0) is 11.8. The Bertz CT molecular complexity index is 549. The van der Waals surface area contributed by atoms with Gasteiger partial charge in [-0.15, -0.1) is 10.2 Å². The number of nitrogens with zero attached hydrogens (tertiary/aromatic N) is 4. The first-order valence-electron chi connectivity index (χ1n) is 5.79. The molecule has 1 aliphatic rings. The van der Waals surface area contributed by atoms with E-state index in [0.717, 1.165) is 34.9 Å². The molecule has 5 heteroatoms. The maximum atomic E-state index is 4.44. The molecule has 0 spiro atoms. The normalized spacial score (nSPS) is 19.1. The van der Waals surface area contributed by atoms with Gasteiger partial charge in [0.15, 0.2) is 5.82 Å². The molecule has 1 aliphatic heterocycles. The number of rotatable bonds is 1. The van der Waals surface area contributed by atoms with E-state index in [1.54, 1.807) is 0 Å². The van der Waals surface area contributed by atoms with Crippen LogP contribution in [0.1, 0.15) is 19.2 Å². The van der Waals surface area contributed by atoms with Gasteiger partial charge in [0.25, 0.3) is 0 Å². The van der Waals surface area contributed by atoms with Gasteiger partial charge in [-0.25, -0.2) is 4.98 Å². The Morgan fingerprint density at radius 3 is 3.06 bits per heavy atom. The summed E-state index contributed by atoms with van der Waals surface area (Å²) in [5.41, 5.74) is 0.882. The molecule has 88 valence electrons. The Hall–Kier alpha value is -1.23. The Morgan fingerprint density at radius 1 is 1.35 bits per heavy atom. The molecular weight excluding hydrogens is 280 g/mol. The highest BCUT2D eigenvalue weighted by molar-refractivity contribution is 9.10. The van der Waals surface area contributed by atoms with Crippen LogP contribution in [-0.2, 0) is 13.0 Å². The van der Waals surface area contributed by atoms with Gasteiger partial charge in [-0.3, -0.25) is 0 Å². The van der Waals surface area contributed by atoms with Gasteiger partial charge in [-0.2, -0.15) is 0 Å². The SMILES string of the molecule is CC1CCc2nnc(-c3cccc(Br)n3)n2C1. The molecule has 0 bridgehead atoms. The molecule has 0 N–H and O–H groups in total. The maximum Gasteiger partial charge on any atom is 0.182 e. The van der Waals surface area contributed by atoms with Crippen LogP contribution in [0.3, 0.4) is 0 Å². The van der Waals surface area contributed by atoms with E-state index in [9.17, 15) is 0 Å². The zero-order valence-electron chi connectivity index (χ0n) is 9.60. The highest BCUT2D eigenvalue weighted by Gasteiger charge is 2.21. The van der Waals surface area contributed by atoms with Gasteiger partial charge in [-0.1, -0.05) is 13.0 Å². The summed E-state index contributed by atoms with van der Waals surface area (Å²) in [6, 6.07) is 5.86. The molecule has 1 unspecified atom stereocenters. The average molecular weight is 293 g/mol. The summed E-state index contributed by atoms with van der Waals surface area (Å²) in [5.74, 6) is 2.65. The minimum Gasteiger partial charge on any atom is -0.309 e. The molecule has 0 aliphatic carbocycles. The summed E-state index contributed by atoms with van der Waals surface area (Å²) in [4.78, 5) is 4.44. The molecule has 2 aromatic heterocycles. The van der Waals surface area contributed by atoms with Crippen molar-refractivity contribution in [1.29, 1.82) is 0 Å². The summed E-state index contributed by atoms with van der Waals surface area (Å²) in [6.45, 7) is 3.26. The molecule has 0 aromatic carbocycles.